The first-order valence-electron chi connectivity index (χ1n) is 13.4. The maximum atomic E-state index is 11.2. The summed E-state index contributed by atoms with van der Waals surface area (Å²) in [6, 6.07) is 18.0. The molecule has 39 heavy (non-hydrogen) atoms. The highest BCUT2D eigenvalue weighted by molar-refractivity contribution is 6.00. The van der Waals surface area contributed by atoms with Crippen LogP contribution in [0.15, 0.2) is 79.5 Å². The predicted molar refractivity (Wildman–Crippen MR) is 151 cm³/mol. The van der Waals surface area contributed by atoms with Gasteiger partial charge in [0.25, 0.3) is 0 Å². The lowest BCUT2D eigenvalue weighted by Crippen LogP contribution is -2.37. The third-order valence-corrected chi connectivity index (χ3v) is 7.68. The summed E-state index contributed by atoms with van der Waals surface area (Å²) in [4.78, 5) is 16.2. The molecule has 6 rings (SSSR count). The molecular formula is C30H33N7O2. The van der Waals surface area contributed by atoms with Gasteiger partial charge in [0.1, 0.15) is 35.1 Å². The standard InChI is InChI=1S/C30H33N7O2/c31-28-27-25(21-6-8-24(9-7-21)39-23-4-2-1-3-5-23)19-37(29(27)36-20-35-28)22-10-12-30(38,13-11-22)14-15-32-18-26-33-16-17-34-26/h1-9,16-17,19-20,22,32,38H,10-15,18H2,(H,33,34)(H2,31,35,36). The van der Waals surface area contributed by atoms with Crippen molar-refractivity contribution in [3.63, 3.8) is 0 Å². The zero-order chi connectivity index (χ0) is 26.7. The summed E-state index contributed by atoms with van der Waals surface area (Å²) in [5, 5.41) is 15.5. The van der Waals surface area contributed by atoms with E-state index in [4.69, 9.17) is 10.5 Å². The molecule has 9 nitrogen and oxygen atoms in total. The van der Waals surface area contributed by atoms with Gasteiger partial charge in [0.2, 0.25) is 0 Å². The summed E-state index contributed by atoms with van der Waals surface area (Å²) in [6.07, 6.45) is 11.2. The van der Waals surface area contributed by atoms with E-state index in [2.05, 4.69) is 36.0 Å². The van der Waals surface area contributed by atoms with Crippen molar-refractivity contribution in [2.24, 2.45) is 0 Å². The molecule has 0 aliphatic heterocycles. The van der Waals surface area contributed by atoms with Crippen LogP contribution in [0.4, 0.5) is 5.82 Å². The van der Waals surface area contributed by atoms with Crippen molar-refractivity contribution in [3.05, 3.63) is 85.3 Å². The van der Waals surface area contributed by atoms with Gasteiger partial charge < -0.3 is 30.4 Å². The normalized spacial score (nSPS) is 19.4. The number of aromatic nitrogens is 5. The predicted octanol–water partition coefficient (Wildman–Crippen LogP) is 5.22. The molecule has 3 heterocycles. The summed E-state index contributed by atoms with van der Waals surface area (Å²) in [7, 11) is 0. The number of anilines is 1. The molecule has 1 fully saturated rings. The SMILES string of the molecule is Nc1ncnc2c1c(-c1ccc(Oc3ccccc3)cc1)cn2C1CCC(O)(CCNCc2ncc[nH]2)CC1. The number of imidazole rings is 1. The lowest BCUT2D eigenvalue weighted by Gasteiger charge is -2.37. The fraction of sp³-hybridized carbons (Fsp3) is 0.300. The number of nitrogens with two attached hydrogens (primary N) is 1. The molecule has 0 radical (unpaired) electrons. The van der Waals surface area contributed by atoms with Gasteiger partial charge in [0, 0.05) is 30.2 Å². The molecule has 200 valence electrons. The van der Waals surface area contributed by atoms with Crippen LogP contribution in [0.3, 0.4) is 0 Å². The first-order valence-corrected chi connectivity index (χ1v) is 13.4. The number of nitrogen functional groups attached to an aromatic ring is 1. The average molecular weight is 524 g/mol. The van der Waals surface area contributed by atoms with Gasteiger partial charge in [-0.25, -0.2) is 15.0 Å². The average Bonchev–Trinajstić information content (AvgIpc) is 3.62. The van der Waals surface area contributed by atoms with Crippen molar-refractivity contribution in [3.8, 4) is 22.6 Å². The van der Waals surface area contributed by atoms with Gasteiger partial charge in [-0.1, -0.05) is 30.3 Å². The third-order valence-electron chi connectivity index (χ3n) is 7.68. The van der Waals surface area contributed by atoms with Crippen molar-refractivity contribution >= 4 is 16.9 Å². The molecule has 2 aromatic carbocycles. The molecule has 1 aliphatic rings. The largest absolute Gasteiger partial charge is 0.457 e. The zero-order valence-corrected chi connectivity index (χ0v) is 21.8. The summed E-state index contributed by atoms with van der Waals surface area (Å²) in [5.74, 6) is 2.93. The lowest BCUT2D eigenvalue weighted by atomic mass is 9.80. The number of hydrogen-bond donors (Lipinski definition) is 4. The molecule has 0 amide bonds. The Labute approximate surface area is 227 Å². The number of ether oxygens (including phenoxy) is 1. The van der Waals surface area contributed by atoms with Gasteiger partial charge in [0.15, 0.2) is 0 Å². The van der Waals surface area contributed by atoms with Gasteiger partial charge >= 0.3 is 0 Å². The Kier molecular flexibility index (Phi) is 7.00. The van der Waals surface area contributed by atoms with Crippen molar-refractivity contribution in [2.45, 2.75) is 50.3 Å². The number of fused-ring (bicyclic) bond motifs is 1. The van der Waals surface area contributed by atoms with Crippen molar-refractivity contribution in [1.82, 2.24) is 29.8 Å². The van der Waals surface area contributed by atoms with Gasteiger partial charge in [-0.3, -0.25) is 0 Å². The van der Waals surface area contributed by atoms with E-state index >= 15 is 0 Å². The number of aromatic amines is 1. The van der Waals surface area contributed by atoms with Crippen LogP contribution in [0.25, 0.3) is 22.2 Å². The maximum Gasteiger partial charge on any atom is 0.146 e. The maximum absolute atomic E-state index is 11.2. The number of rotatable bonds is 9. The summed E-state index contributed by atoms with van der Waals surface area (Å²) < 4.78 is 8.19. The molecule has 1 aliphatic carbocycles. The van der Waals surface area contributed by atoms with Crippen LogP contribution in [0.5, 0.6) is 11.5 Å². The van der Waals surface area contributed by atoms with Crippen LogP contribution in [-0.4, -0.2) is 41.8 Å². The number of benzene rings is 2. The van der Waals surface area contributed by atoms with Crippen LogP contribution in [0.1, 0.15) is 44.0 Å². The molecule has 5 N–H and O–H groups in total. The fourth-order valence-corrected chi connectivity index (χ4v) is 5.52. The first-order chi connectivity index (χ1) is 19.1. The molecule has 3 aromatic heterocycles. The smallest absolute Gasteiger partial charge is 0.146 e. The molecular weight excluding hydrogens is 490 g/mol. The Hall–Kier alpha value is -4.21. The number of aliphatic hydroxyl groups is 1. The lowest BCUT2D eigenvalue weighted by molar-refractivity contribution is -0.0139. The van der Waals surface area contributed by atoms with Crippen molar-refractivity contribution in [2.75, 3.05) is 12.3 Å². The van der Waals surface area contributed by atoms with Gasteiger partial charge in [-0.15, -0.1) is 0 Å². The van der Waals surface area contributed by atoms with E-state index in [1.165, 1.54) is 6.33 Å². The second kappa shape index (κ2) is 10.9. The van der Waals surface area contributed by atoms with E-state index in [1.54, 1.807) is 6.20 Å². The minimum Gasteiger partial charge on any atom is -0.457 e. The third kappa shape index (κ3) is 5.50. The van der Waals surface area contributed by atoms with E-state index in [0.717, 1.165) is 71.7 Å². The van der Waals surface area contributed by atoms with Gasteiger partial charge in [0.05, 0.1) is 17.5 Å². The minimum atomic E-state index is -0.666. The van der Waals surface area contributed by atoms with Crippen LogP contribution in [0, 0.1) is 0 Å². The number of H-pyrrole nitrogens is 1. The highest BCUT2D eigenvalue weighted by Crippen LogP contribution is 2.41. The quantitative estimate of drug-likeness (QED) is 0.195. The topological polar surface area (TPSA) is 127 Å². The van der Waals surface area contributed by atoms with Crippen LogP contribution in [0.2, 0.25) is 0 Å². The first kappa shape index (κ1) is 25.1. The summed E-state index contributed by atoms with van der Waals surface area (Å²) >= 11 is 0. The minimum absolute atomic E-state index is 0.229. The molecule has 1 saturated carbocycles. The van der Waals surface area contributed by atoms with Crippen LogP contribution >= 0.6 is 0 Å². The molecule has 5 aromatic rings. The van der Waals surface area contributed by atoms with Gasteiger partial charge in [-0.05, 0) is 68.5 Å². The summed E-state index contributed by atoms with van der Waals surface area (Å²) in [5.41, 5.74) is 8.56. The number of nitrogens with one attached hydrogen (secondary N) is 2. The van der Waals surface area contributed by atoms with E-state index in [0.29, 0.717) is 18.8 Å². The van der Waals surface area contributed by atoms with E-state index in [-0.39, 0.29) is 6.04 Å². The highest BCUT2D eigenvalue weighted by Gasteiger charge is 2.34. The molecule has 0 unspecified atom stereocenters. The molecule has 9 heteroatoms. The van der Waals surface area contributed by atoms with E-state index in [1.807, 2.05) is 60.8 Å². The molecule has 0 bridgehead atoms. The van der Waals surface area contributed by atoms with E-state index in [9.17, 15) is 5.11 Å². The Bertz CT molecular complexity index is 1510. The van der Waals surface area contributed by atoms with Crippen molar-refractivity contribution in [1.29, 1.82) is 0 Å². The second-order valence-electron chi connectivity index (χ2n) is 10.3. The summed E-state index contributed by atoms with van der Waals surface area (Å²) in [6.45, 7) is 1.41. The molecule has 0 spiro atoms. The fourth-order valence-electron chi connectivity index (χ4n) is 5.52. The number of hydrogen-bond acceptors (Lipinski definition) is 7. The van der Waals surface area contributed by atoms with Crippen molar-refractivity contribution < 1.29 is 9.84 Å². The molecule has 0 atom stereocenters. The Morgan fingerprint density at radius 1 is 1.03 bits per heavy atom. The zero-order valence-electron chi connectivity index (χ0n) is 21.8. The monoisotopic (exact) mass is 523 g/mol. The van der Waals surface area contributed by atoms with E-state index < -0.39 is 5.60 Å². The van der Waals surface area contributed by atoms with Gasteiger partial charge in [-0.2, -0.15) is 0 Å². The van der Waals surface area contributed by atoms with Crippen LogP contribution < -0.4 is 15.8 Å². The Morgan fingerprint density at radius 3 is 2.54 bits per heavy atom. The molecule has 0 saturated heterocycles. The Morgan fingerprint density at radius 2 is 1.79 bits per heavy atom. The van der Waals surface area contributed by atoms with Crippen LogP contribution in [-0.2, 0) is 6.54 Å². The number of para-hydroxylation sites is 1. The Balaban J connectivity index is 1.16. The highest BCUT2D eigenvalue weighted by atomic mass is 16.5. The second-order valence-corrected chi connectivity index (χ2v) is 10.3. The number of nitrogens with zero attached hydrogens (tertiary/aromatic N) is 4.